The van der Waals surface area contributed by atoms with Crippen LogP contribution in [0.2, 0.25) is 5.02 Å². The van der Waals surface area contributed by atoms with Crippen LogP contribution < -0.4 is 9.64 Å². The van der Waals surface area contributed by atoms with Crippen molar-refractivity contribution in [1.82, 2.24) is 5.16 Å². The number of ketones is 1. The molecule has 4 rings (SSSR count). The first-order valence-electron chi connectivity index (χ1n) is 9.05. The zero-order valence-corrected chi connectivity index (χ0v) is 16.9. The molecule has 1 aliphatic rings. The molecule has 1 fully saturated rings. The van der Waals surface area contributed by atoms with Crippen molar-refractivity contribution in [2.75, 3.05) is 12.0 Å². The molecule has 152 valence electrons. The number of rotatable bonds is 4. The second-order valence-electron chi connectivity index (χ2n) is 6.74. The molecule has 30 heavy (non-hydrogen) atoms. The smallest absolute Gasteiger partial charge is 0.301 e. The summed E-state index contributed by atoms with van der Waals surface area (Å²) in [6, 6.07) is 13.9. The normalized spacial score (nSPS) is 18.1. The molecular formula is C22H17ClN2O5. The third-order valence-corrected chi connectivity index (χ3v) is 5.11. The quantitative estimate of drug-likeness (QED) is 0.382. The fourth-order valence-corrected chi connectivity index (χ4v) is 3.53. The lowest BCUT2D eigenvalue weighted by Crippen LogP contribution is -2.29. The first kappa shape index (κ1) is 19.7. The summed E-state index contributed by atoms with van der Waals surface area (Å²) in [5.41, 5.74) is 0.923. The SMILES string of the molecule is COc1ccc([C@H]2/C(=C(\O)c3ccc(Cl)cc3)C(=O)C(=O)N2c2cc(C)on2)cc1. The van der Waals surface area contributed by atoms with Gasteiger partial charge in [0.1, 0.15) is 17.3 Å². The van der Waals surface area contributed by atoms with Crippen molar-refractivity contribution in [3.8, 4) is 5.75 Å². The number of carbonyl (C=O) groups excluding carboxylic acids is 2. The fraction of sp³-hybridized carbons (Fsp3) is 0.136. The first-order valence-corrected chi connectivity index (χ1v) is 9.42. The van der Waals surface area contributed by atoms with Crippen molar-refractivity contribution >= 4 is 34.9 Å². The number of benzene rings is 2. The average Bonchev–Trinajstić information content (AvgIpc) is 3.29. The molecule has 1 amide bonds. The van der Waals surface area contributed by atoms with Gasteiger partial charge in [0.15, 0.2) is 5.82 Å². The van der Waals surface area contributed by atoms with Crippen LogP contribution in [-0.4, -0.2) is 29.1 Å². The Morgan fingerprint density at radius 2 is 1.80 bits per heavy atom. The van der Waals surface area contributed by atoms with Gasteiger partial charge in [-0.3, -0.25) is 14.5 Å². The van der Waals surface area contributed by atoms with E-state index < -0.39 is 17.7 Å². The van der Waals surface area contributed by atoms with Crippen LogP contribution in [0.5, 0.6) is 5.75 Å². The number of nitrogens with zero attached hydrogens (tertiary/aromatic N) is 2. The van der Waals surface area contributed by atoms with E-state index in [1.165, 1.54) is 4.90 Å². The number of hydrogen-bond donors (Lipinski definition) is 1. The number of Topliss-reactive ketones (excluding diaryl/α,β-unsaturated/α-hetero) is 1. The van der Waals surface area contributed by atoms with E-state index in [0.29, 0.717) is 27.7 Å². The van der Waals surface area contributed by atoms with E-state index in [1.54, 1.807) is 68.6 Å². The Balaban J connectivity index is 1.92. The summed E-state index contributed by atoms with van der Waals surface area (Å²) in [5.74, 6) is -0.633. The Hall–Kier alpha value is -3.58. The highest BCUT2D eigenvalue weighted by molar-refractivity contribution is 6.51. The lowest BCUT2D eigenvalue weighted by Gasteiger charge is -2.23. The Morgan fingerprint density at radius 1 is 1.13 bits per heavy atom. The van der Waals surface area contributed by atoms with Crippen molar-refractivity contribution in [2.24, 2.45) is 0 Å². The second-order valence-corrected chi connectivity index (χ2v) is 7.18. The summed E-state index contributed by atoms with van der Waals surface area (Å²) in [5, 5.41) is 15.4. The van der Waals surface area contributed by atoms with Gasteiger partial charge in [0, 0.05) is 16.7 Å². The number of methoxy groups -OCH3 is 1. The summed E-state index contributed by atoms with van der Waals surface area (Å²) >= 11 is 5.93. The third-order valence-electron chi connectivity index (χ3n) is 4.86. The Morgan fingerprint density at radius 3 is 2.37 bits per heavy atom. The highest BCUT2D eigenvalue weighted by Gasteiger charge is 2.48. The minimum atomic E-state index is -0.893. The van der Waals surface area contributed by atoms with E-state index in [2.05, 4.69) is 5.16 Å². The molecule has 1 aliphatic heterocycles. The molecule has 1 atom stereocenters. The van der Waals surface area contributed by atoms with Gasteiger partial charge in [-0.15, -0.1) is 0 Å². The molecule has 7 nitrogen and oxygen atoms in total. The molecule has 0 saturated carbocycles. The molecule has 3 aromatic rings. The van der Waals surface area contributed by atoms with E-state index in [-0.39, 0.29) is 17.2 Å². The van der Waals surface area contributed by atoms with Crippen LogP contribution in [0.4, 0.5) is 5.82 Å². The summed E-state index contributed by atoms with van der Waals surface area (Å²) in [6.07, 6.45) is 0. The number of ether oxygens (including phenoxy) is 1. The van der Waals surface area contributed by atoms with E-state index in [9.17, 15) is 14.7 Å². The average molecular weight is 425 g/mol. The van der Waals surface area contributed by atoms with Crippen molar-refractivity contribution in [1.29, 1.82) is 0 Å². The highest BCUT2D eigenvalue weighted by atomic mass is 35.5. The molecule has 0 bridgehead atoms. The number of aryl methyl sites for hydroxylation is 1. The molecule has 0 aliphatic carbocycles. The molecule has 0 unspecified atom stereocenters. The van der Waals surface area contributed by atoms with Crippen molar-refractivity contribution < 1.29 is 24.0 Å². The zero-order valence-electron chi connectivity index (χ0n) is 16.1. The van der Waals surface area contributed by atoms with E-state index in [4.69, 9.17) is 20.9 Å². The van der Waals surface area contributed by atoms with E-state index >= 15 is 0 Å². The summed E-state index contributed by atoms with van der Waals surface area (Å²) < 4.78 is 10.3. The van der Waals surface area contributed by atoms with Gasteiger partial charge in [0.2, 0.25) is 0 Å². The van der Waals surface area contributed by atoms with Crippen LogP contribution in [0.3, 0.4) is 0 Å². The maximum atomic E-state index is 13.0. The van der Waals surface area contributed by atoms with Gasteiger partial charge in [0.05, 0.1) is 18.7 Å². The molecule has 1 N–H and O–H groups in total. The number of aliphatic hydroxyl groups is 1. The van der Waals surface area contributed by atoms with E-state index in [0.717, 1.165) is 0 Å². The molecule has 2 aromatic carbocycles. The van der Waals surface area contributed by atoms with Gasteiger partial charge in [0.25, 0.3) is 5.78 Å². The first-order chi connectivity index (χ1) is 14.4. The minimum Gasteiger partial charge on any atom is -0.507 e. The lowest BCUT2D eigenvalue weighted by molar-refractivity contribution is -0.132. The zero-order chi connectivity index (χ0) is 21.4. The highest BCUT2D eigenvalue weighted by Crippen LogP contribution is 2.42. The van der Waals surface area contributed by atoms with E-state index in [1.807, 2.05) is 0 Å². The predicted molar refractivity (Wildman–Crippen MR) is 110 cm³/mol. The van der Waals surface area contributed by atoms with Crippen LogP contribution >= 0.6 is 11.6 Å². The number of amides is 1. The molecular weight excluding hydrogens is 408 g/mol. The van der Waals surface area contributed by atoms with Gasteiger partial charge in [-0.05, 0) is 48.9 Å². The standard InChI is InChI=1S/C22H17ClN2O5/c1-12-11-17(24-30-12)25-19(13-5-9-16(29-2)10-6-13)18(21(27)22(25)28)20(26)14-3-7-15(23)8-4-14/h3-11,19,26H,1-2H3/b20-18+/t19-/m0/s1. The summed E-state index contributed by atoms with van der Waals surface area (Å²) in [6.45, 7) is 1.68. The van der Waals surface area contributed by atoms with Crippen LogP contribution in [0.1, 0.15) is 22.9 Å². The molecule has 1 aromatic heterocycles. The van der Waals surface area contributed by atoms with Gasteiger partial charge < -0.3 is 14.4 Å². The number of anilines is 1. The summed E-state index contributed by atoms with van der Waals surface area (Å²) in [7, 11) is 1.54. The van der Waals surface area contributed by atoms with Crippen molar-refractivity contribution in [3.63, 3.8) is 0 Å². The lowest BCUT2D eigenvalue weighted by atomic mass is 9.95. The number of carbonyl (C=O) groups is 2. The maximum absolute atomic E-state index is 13.0. The Bertz CT molecular complexity index is 1150. The van der Waals surface area contributed by atoms with Gasteiger partial charge in [-0.1, -0.05) is 28.9 Å². The number of aliphatic hydroxyl groups excluding tert-OH is 1. The van der Waals surface area contributed by atoms with Gasteiger partial charge >= 0.3 is 5.91 Å². The van der Waals surface area contributed by atoms with Crippen LogP contribution in [0.25, 0.3) is 5.76 Å². The molecule has 0 spiro atoms. The minimum absolute atomic E-state index is 0.0480. The third kappa shape index (κ3) is 3.33. The molecule has 2 heterocycles. The van der Waals surface area contributed by atoms with Crippen LogP contribution in [-0.2, 0) is 9.59 Å². The predicted octanol–water partition coefficient (Wildman–Crippen LogP) is 4.27. The molecule has 8 heteroatoms. The Labute approximate surface area is 177 Å². The Kier molecular flexibility index (Phi) is 5.05. The van der Waals surface area contributed by atoms with Crippen LogP contribution in [0.15, 0.2) is 64.7 Å². The number of aromatic nitrogens is 1. The van der Waals surface area contributed by atoms with Crippen molar-refractivity contribution in [3.05, 3.63) is 82.1 Å². The monoisotopic (exact) mass is 424 g/mol. The van der Waals surface area contributed by atoms with Crippen LogP contribution in [0, 0.1) is 6.92 Å². The summed E-state index contributed by atoms with van der Waals surface area (Å²) in [4.78, 5) is 27.1. The largest absolute Gasteiger partial charge is 0.507 e. The van der Waals surface area contributed by atoms with Crippen molar-refractivity contribution in [2.45, 2.75) is 13.0 Å². The maximum Gasteiger partial charge on any atom is 0.301 e. The fourth-order valence-electron chi connectivity index (χ4n) is 3.40. The molecule has 1 saturated heterocycles. The van der Waals surface area contributed by atoms with Gasteiger partial charge in [-0.2, -0.15) is 0 Å². The number of halogens is 1. The molecule has 0 radical (unpaired) electrons. The second kappa shape index (κ2) is 7.68. The topological polar surface area (TPSA) is 92.9 Å². The number of hydrogen-bond acceptors (Lipinski definition) is 6. The van der Waals surface area contributed by atoms with Gasteiger partial charge in [-0.25, -0.2) is 0 Å².